The first kappa shape index (κ1) is 14.7. The summed E-state index contributed by atoms with van der Waals surface area (Å²) in [4.78, 5) is 16.1. The van der Waals surface area contributed by atoms with Gasteiger partial charge in [-0.05, 0) is 45.1 Å². The van der Waals surface area contributed by atoms with E-state index in [1.165, 1.54) is 35.7 Å². The number of nitrogens with one attached hydrogen (secondary N) is 1. The highest BCUT2D eigenvalue weighted by Crippen LogP contribution is 2.33. The molecular weight excluding hydrogens is 280 g/mol. The summed E-state index contributed by atoms with van der Waals surface area (Å²) in [6.07, 6.45) is 1.92. The number of carbonyl (C=O) groups excluding carboxylic acids is 1. The summed E-state index contributed by atoms with van der Waals surface area (Å²) in [5, 5.41) is 5.38. The van der Waals surface area contributed by atoms with Gasteiger partial charge >= 0.3 is 6.09 Å². The molecule has 0 bridgehead atoms. The molecule has 2 rings (SSSR count). The standard InChI is InChI=1S/C13H20N2O2S2/c1-13(2,3)17-12(16)15-11-14-10(8-19-11)9-4-6-18-7-5-9/h8-9H,4-7H2,1-3H3,(H,14,15,16). The van der Waals surface area contributed by atoms with Crippen molar-refractivity contribution in [2.24, 2.45) is 0 Å². The molecule has 1 saturated heterocycles. The summed E-state index contributed by atoms with van der Waals surface area (Å²) in [5.41, 5.74) is 0.626. The van der Waals surface area contributed by atoms with E-state index in [1.807, 2.05) is 37.9 Å². The van der Waals surface area contributed by atoms with Crippen molar-refractivity contribution in [3.63, 3.8) is 0 Å². The van der Waals surface area contributed by atoms with E-state index < -0.39 is 11.7 Å². The number of carbonyl (C=O) groups is 1. The van der Waals surface area contributed by atoms with Crippen LogP contribution in [0.4, 0.5) is 9.93 Å². The number of amides is 1. The summed E-state index contributed by atoms with van der Waals surface area (Å²) in [6.45, 7) is 5.54. The molecule has 1 aromatic heterocycles. The number of rotatable bonds is 2. The van der Waals surface area contributed by atoms with Gasteiger partial charge < -0.3 is 4.74 Å². The molecule has 19 heavy (non-hydrogen) atoms. The molecular formula is C13H20N2O2S2. The highest BCUT2D eigenvalue weighted by atomic mass is 32.2. The number of anilines is 1. The predicted octanol–water partition coefficient (Wildman–Crippen LogP) is 4.10. The Kier molecular flexibility index (Phi) is 4.73. The van der Waals surface area contributed by atoms with Crippen LogP contribution < -0.4 is 5.32 Å². The minimum absolute atomic E-state index is 0.437. The Labute approximate surface area is 122 Å². The summed E-state index contributed by atoms with van der Waals surface area (Å²) in [5.74, 6) is 2.96. The van der Waals surface area contributed by atoms with E-state index in [1.54, 1.807) is 0 Å². The fourth-order valence-corrected chi connectivity index (χ4v) is 3.80. The number of thiazole rings is 1. The molecule has 0 atom stereocenters. The molecule has 106 valence electrons. The first-order valence-corrected chi connectivity index (χ1v) is 8.50. The average molecular weight is 300 g/mol. The Bertz CT molecular complexity index is 434. The number of ether oxygens (including phenoxy) is 1. The molecule has 1 aliphatic heterocycles. The summed E-state index contributed by atoms with van der Waals surface area (Å²) in [6, 6.07) is 0. The number of hydrogen-bond donors (Lipinski definition) is 1. The smallest absolute Gasteiger partial charge is 0.413 e. The van der Waals surface area contributed by atoms with E-state index in [9.17, 15) is 4.79 Å². The Morgan fingerprint density at radius 1 is 1.42 bits per heavy atom. The zero-order valence-electron chi connectivity index (χ0n) is 11.6. The van der Waals surface area contributed by atoms with Gasteiger partial charge in [0.1, 0.15) is 5.60 Å². The third-order valence-electron chi connectivity index (χ3n) is 2.77. The second-order valence-corrected chi connectivity index (χ2v) is 7.67. The van der Waals surface area contributed by atoms with Crippen LogP contribution in [0.25, 0.3) is 0 Å². The second-order valence-electron chi connectivity index (χ2n) is 5.59. The van der Waals surface area contributed by atoms with Crippen LogP contribution in [0.2, 0.25) is 0 Å². The Morgan fingerprint density at radius 2 is 2.11 bits per heavy atom. The maximum Gasteiger partial charge on any atom is 0.413 e. The van der Waals surface area contributed by atoms with Crippen LogP contribution in [0.1, 0.15) is 45.2 Å². The summed E-state index contributed by atoms with van der Waals surface area (Å²) >= 11 is 3.47. The van der Waals surface area contributed by atoms with Crippen molar-refractivity contribution in [3.8, 4) is 0 Å². The molecule has 1 aromatic rings. The quantitative estimate of drug-likeness (QED) is 0.893. The molecule has 0 aromatic carbocycles. The van der Waals surface area contributed by atoms with Crippen molar-refractivity contribution in [2.45, 2.75) is 45.1 Å². The summed E-state index contributed by atoms with van der Waals surface area (Å²) < 4.78 is 5.21. The van der Waals surface area contributed by atoms with Gasteiger partial charge in [0.25, 0.3) is 0 Å². The minimum atomic E-state index is -0.481. The van der Waals surface area contributed by atoms with Gasteiger partial charge in [0.05, 0.1) is 5.69 Å². The van der Waals surface area contributed by atoms with Gasteiger partial charge in [0.15, 0.2) is 5.13 Å². The first-order valence-electron chi connectivity index (χ1n) is 6.47. The first-order chi connectivity index (χ1) is 8.94. The lowest BCUT2D eigenvalue weighted by atomic mass is 10.0. The van der Waals surface area contributed by atoms with Gasteiger partial charge in [-0.15, -0.1) is 11.3 Å². The Balaban J connectivity index is 1.91. The molecule has 1 fully saturated rings. The lowest BCUT2D eigenvalue weighted by molar-refractivity contribution is 0.0636. The zero-order valence-corrected chi connectivity index (χ0v) is 13.2. The van der Waals surface area contributed by atoms with Crippen LogP contribution in [-0.2, 0) is 4.74 Å². The van der Waals surface area contributed by atoms with Crippen molar-refractivity contribution in [1.29, 1.82) is 0 Å². The van der Waals surface area contributed by atoms with Gasteiger partial charge in [-0.1, -0.05) is 0 Å². The largest absolute Gasteiger partial charge is 0.444 e. The van der Waals surface area contributed by atoms with Crippen molar-refractivity contribution in [1.82, 2.24) is 4.98 Å². The molecule has 1 N–H and O–H groups in total. The molecule has 0 unspecified atom stereocenters. The lowest BCUT2D eigenvalue weighted by Gasteiger charge is -2.19. The van der Waals surface area contributed by atoms with Crippen molar-refractivity contribution in [2.75, 3.05) is 16.8 Å². The van der Waals surface area contributed by atoms with E-state index in [4.69, 9.17) is 4.74 Å². The zero-order chi connectivity index (χ0) is 13.9. The van der Waals surface area contributed by atoms with Gasteiger partial charge in [-0.3, -0.25) is 5.32 Å². The van der Waals surface area contributed by atoms with Crippen molar-refractivity contribution < 1.29 is 9.53 Å². The summed E-state index contributed by atoms with van der Waals surface area (Å²) in [7, 11) is 0. The third kappa shape index (κ3) is 4.69. The van der Waals surface area contributed by atoms with E-state index in [-0.39, 0.29) is 0 Å². The van der Waals surface area contributed by atoms with Crippen molar-refractivity contribution in [3.05, 3.63) is 11.1 Å². The number of aromatic nitrogens is 1. The monoisotopic (exact) mass is 300 g/mol. The molecule has 0 aliphatic carbocycles. The normalized spacial score (nSPS) is 17.2. The van der Waals surface area contributed by atoms with Crippen LogP contribution in [0.15, 0.2) is 5.38 Å². The second kappa shape index (κ2) is 6.13. The van der Waals surface area contributed by atoms with E-state index in [0.29, 0.717) is 11.0 Å². The molecule has 0 saturated carbocycles. The number of nitrogens with zero attached hydrogens (tertiary/aromatic N) is 1. The lowest BCUT2D eigenvalue weighted by Crippen LogP contribution is -2.27. The molecule has 4 nitrogen and oxygen atoms in total. The predicted molar refractivity (Wildman–Crippen MR) is 81.3 cm³/mol. The Morgan fingerprint density at radius 3 is 2.74 bits per heavy atom. The molecule has 0 spiro atoms. The van der Waals surface area contributed by atoms with E-state index in [0.717, 1.165) is 5.69 Å². The molecule has 0 radical (unpaired) electrons. The molecule has 2 heterocycles. The van der Waals surface area contributed by atoms with Crippen LogP contribution in [0, 0.1) is 0 Å². The van der Waals surface area contributed by atoms with E-state index >= 15 is 0 Å². The van der Waals surface area contributed by atoms with Crippen LogP contribution in [-0.4, -0.2) is 28.2 Å². The van der Waals surface area contributed by atoms with Gasteiger partial charge in [-0.2, -0.15) is 11.8 Å². The topological polar surface area (TPSA) is 51.2 Å². The maximum atomic E-state index is 11.6. The van der Waals surface area contributed by atoms with Gasteiger partial charge in [0.2, 0.25) is 0 Å². The minimum Gasteiger partial charge on any atom is -0.444 e. The van der Waals surface area contributed by atoms with Gasteiger partial charge in [-0.25, -0.2) is 9.78 Å². The van der Waals surface area contributed by atoms with Crippen molar-refractivity contribution >= 4 is 34.3 Å². The van der Waals surface area contributed by atoms with E-state index in [2.05, 4.69) is 10.3 Å². The number of thioether (sulfide) groups is 1. The van der Waals surface area contributed by atoms with Crippen LogP contribution >= 0.6 is 23.1 Å². The fourth-order valence-electron chi connectivity index (χ4n) is 1.92. The third-order valence-corrected chi connectivity index (χ3v) is 4.59. The highest BCUT2D eigenvalue weighted by Gasteiger charge is 2.20. The highest BCUT2D eigenvalue weighted by molar-refractivity contribution is 7.99. The molecule has 6 heteroatoms. The molecule has 1 aliphatic rings. The Hall–Kier alpha value is -0.750. The average Bonchev–Trinajstić information content (AvgIpc) is 2.76. The van der Waals surface area contributed by atoms with Crippen LogP contribution in [0.3, 0.4) is 0 Å². The number of hydrogen-bond acceptors (Lipinski definition) is 5. The molecule has 1 amide bonds. The van der Waals surface area contributed by atoms with Crippen LogP contribution in [0.5, 0.6) is 0 Å². The maximum absolute atomic E-state index is 11.6. The SMILES string of the molecule is CC(C)(C)OC(=O)Nc1nc(C2CCSCC2)cs1. The van der Waals surface area contributed by atoms with Gasteiger partial charge in [0, 0.05) is 11.3 Å². The fraction of sp³-hybridized carbons (Fsp3) is 0.692.